The summed E-state index contributed by atoms with van der Waals surface area (Å²) in [5.74, 6) is 0.257. The van der Waals surface area contributed by atoms with Gasteiger partial charge in [0, 0.05) is 23.1 Å². The molecule has 2 unspecified atom stereocenters. The number of carbonyl (C=O) groups excluding carboxylic acids is 1. The van der Waals surface area contributed by atoms with E-state index in [9.17, 15) is 4.79 Å². The molecule has 0 aromatic heterocycles. The molecule has 140 valence electrons. The van der Waals surface area contributed by atoms with Crippen LogP contribution in [0, 0.1) is 0 Å². The molecule has 0 spiro atoms. The highest BCUT2D eigenvalue weighted by atomic mass is 35.5. The summed E-state index contributed by atoms with van der Waals surface area (Å²) in [6, 6.07) is 4.88. The van der Waals surface area contributed by atoms with Crippen LogP contribution in [0.5, 0.6) is 5.75 Å². The van der Waals surface area contributed by atoms with Crippen LogP contribution in [0.3, 0.4) is 0 Å². The Hall–Kier alpha value is -1.01. The summed E-state index contributed by atoms with van der Waals surface area (Å²) >= 11 is 11.9. The fraction of sp³-hybridized carbons (Fsp3) is 0.611. The van der Waals surface area contributed by atoms with E-state index < -0.39 is 11.6 Å². The van der Waals surface area contributed by atoms with Crippen LogP contribution in [0.1, 0.15) is 40.0 Å². The van der Waals surface area contributed by atoms with Crippen LogP contribution in [-0.2, 0) is 14.3 Å². The Bertz CT molecular complexity index is 568. The number of hydrogen-bond acceptors (Lipinski definition) is 4. The maximum Gasteiger partial charge on any atom is 0.261 e. The number of ether oxygens (including phenoxy) is 3. The van der Waals surface area contributed by atoms with Gasteiger partial charge < -0.3 is 19.5 Å². The zero-order chi connectivity index (χ0) is 18.4. The number of halogens is 2. The van der Waals surface area contributed by atoms with Crippen LogP contribution in [0.4, 0.5) is 0 Å². The zero-order valence-corrected chi connectivity index (χ0v) is 16.3. The first-order valence-electron chi connectivity index (χ1n) is 8.47. The molecular formula is C18H25Cl2NO4. The van der Waals surface area contributed by atoms with Gasteiger partial charge in [-0.1, -0.05) is 30.1 Å². The van der Waals surface area contributed by atoms with Gasteiger partial charge in [0.25, 0.3) is 5.91 Å². The Kier molecular flexibility index (Phi) is 7.37. The highest BCUT2D eigenvalue weighted by Gasteiger charge is 2.28. The van der Waals surface area contributed by atoms with Crippen molar-refractivity contribution in [2.45, 2.75) is 58.0 Å². The number of rotatable bonds is 8. The summed E-state index contributed by atoms with van der Waals surface area (Å²) in [7, 11) is 0. The van der Waals surface area contributed by atoms with E-state index >= 15 is 0 Å². The van der Waals surface area contributed by atoms with Crippen molar-refractivity contribution < 1.29 is 19.0 Å². The average Bonchev–Trinajstić information content (AvgIpc) is 3.02. The minimum atomic E-state index is -0.642. The second-order valence-electron chi connectivity index (χ2n) is 6.75. The summed E-state index contributed by atoms with van der Waals surface area (Å²) in [5, 5.41) is 3.89. The molecule has 1 N–H and O–H groups in total. The SMILES string of the molecule is CCC(Oc1cc(Cl)cc(Cl)c1)C(=O)NC(C)(C)COC1CCCO1. The number of nitrogens with one attached hydrogen (secondary N) is 1. The van der Waals surface area contributed by atoms with Gasteiger partial charge >= 0.3 is 0 Å². The maximum absolute atomic E-state index is 12.6. The van der Waals surface area contributed by atoms with Crippen LogP contribution in [0.15, 0.2) is 18.2 Å². The maximum atomic E-state index is 12.6. The third-order valence-electron chi connectivity index (χ3n) is 3.76. The molecular weight excluding hydrogens is 365 g/mol. The molecule has 1 aliphatic rings. The lowest BCUT2D eigenvalue weighted by Crippen LogP contribution is -2.52. The molecule has 1 aromatic carbocycles. The molecule has 5 nitrogen and oxygen atoms in total. The van der Waals surface area contributed by atoms with Crippen LogP contribution >= 0.6 is 23.2 Å². The van der Waals surface area contributed by atoms with Crippen molar-refractivity contribution in [1.29, 1.82) is 0 Å². The Morgan fingerprint density at radius 2 is 2.04 bits per heavy atom. The van der Waals surface area contributed by atoms with Crippen molar-refractivity contribution in [3.63, 3.8) is 0 Å². The summed E-state index contributed by atoms with van der Waals surface area (Å²) in [5.41, 5.74) is -0.536. The molecule has 1 aliphatic heterocycles. The van der Waals surface area contributed by atoms with E-state index in [4.69, 9.17) is 37.4 Å². The fourth-order valence-electron chi connectivity index (χ4n) is 2.51. The summed E-state index contributed by atoms with van der Waals surface area (Å²) in [6.45, 7) is 6.78. The largest absolute Gasteiger partial charge is 0.481 e. The monoisotopic (exact) mass is 389 g/mol. The summed E-state index contributed by atoms with van der Waals surface area (Å²) in [6.07, 6.45) is 1.59. The zero-order valence-electron chi connectivity index (χ0n) is 14.8. The lowest BCUT2D eigenvalue weighted by molar-refractivity contribution is -0.138. The predicted molar refractivity (Wildman–Crippen MR) is 98.3 cm³/mol. The van der Waals surface area contributed by atoms with E-state index in [-0.39, 0.29) is 12.2 Å². The molecule has 1 saturated heterocycles. The fourth-order valence-corrected chi connectivity index (χ4v) is 3.02. The van der Waals surface area contributed by atoms with E-state index in [0.717, 1.165) is 19.4 Å². The number of hydrogen-bond donors (Lipinski definition) is 1. The predicted octanol–water partition coefficient (Wildman–Crippen LogP) is 4.20. The number of carbonyl (C=O) groups is 1. The second kappa shape index (κ2) is 9.08. The molecule has 0 bridgehead atoms. The number of amides is 1. The molecule has 0 radical (unpaired) electrons. The molecule has 1 heterocycles. The minimum Gasteiger partial charge on any atom is -0.481 e. The summed E-state index contributed by atoms with van der Waals surface area (Å²) < 4.78 is 16.9. The molecule has 25 heavy (non-hydrogen) atoms. The van der Waals surface area contributed by atoms with E-state index in [1.54, 1.807) is 18.2 Å². The van der Waals surface area contributed by atoms with Gasteiger partial charge in [-0.15, -0.1) is 0 Å². The van der Waals surface area contributed by atoms with Gasteiger partial charge in [-0.3, -0.25) is 4.79 Å². The third-order valence-corrected chi connectivity index (χ3v) is 4.19. The molecule has 1 aromatic rings. The molecule has 1 amide bonds. The highest BCUT2D eigenvalue weighted by Crippen LogP contribution is 2.25. The molecule has 0 saturated carbocycles. The molecule has 2 rings (SSSR count). The Labute approximate surface area is 158 Å². The van der Waals surface area contributed by atoms with Gasteiger partial charge in [0.15, 0.2) is 12.4 Å². The van der Waals surface area contributed by atoms with Crippen LogP contribution in [0.2, 0.25) is 10.0 Å². The van der Waals surface area contributed by atoms with E-state index in [2.05, 4.69) is 5.32 Å². The Morgan fingerprint density at radius 1 is 1.36 bits per heavy atom. The van der Waals surface area contributed by atoms with Gasteiger partial charge in [0.1, 0.15) is 5.75 Å². The average molecular weight is 390 g/mol. The lowest BCUT2D eigenvalue weighted by Gasteiger charge is -2.29. The van der Waals surface area contributed by atoms with Crippen molar-refractivity contribution in [3.05, 3.63) is 28.2 Å². The van der Waals surface area contributed by atoms with Gasteiger partial charge in [-0.2, -0.15) is 0 Å². The third kappa shape index (κ3) is 6.66. The highest BCUT2D eigenvalue weighted by molar-refractivity contribution is 6.34. The molecule has 0 aliphatic carbocycles. The van der Waals surface area contributed by atoms with Crippen molar-refractivity contribution in [2.24, 2.45) is 0 Å². The van der Waals surface area contributed by atoms with E-state index in [0.29, 0.717) is 28.8 Å². The quantitative estimate of drug-likeness (QED) is 0.723. The van der Waals surface area contributed by atoms with Gasteiger partial charge in [0.2, 0.25) is 0 Å². The van der Waals surface area contributed by atoms with Crippen molar-refractivity contribution in [1.82, 2.24) is 5.32 Å². The van der Waals surface area contributed by atoms with Crippen LogP contribution < -0.4 is 10.1 Å². The minimum absolute atomic E-state index is 0.178. The topological polar surface area (TPSA) is 56.8 Å². The van der Waals surface area contributed by atoms with E-state index in [1.807, 2.05) is 20.8 Å². The number of benzene rings is 1. The second-order valence-corrected chi connectivity index (χ2v) is 7.62. The Morgan fingerprint density at radius 3 is 2.60 bits per heavy atom. The van der Waals surface area contributed by atoms with Crippen LogP contribution in [0.25, 0.3) is 0 Å². The smallest absolute Gasteiger partial charge is 0.261 e. The Balaban J connectivity index is 1.91. The molecule has 7 heteroatoms. The van der Waals surface area contributed by atoms with E-state index in [1.165, 1.54) is 0 Å². The van der Waals surface area contributed by atoms with Crippen LogP contribution in [-0.4, -0.2) is 37.1 Å². The lowest BCUT2D eigenvalue weighted by atomic mass is 10.1. The van der Waals surface area contributed by atoms with Crippen molar-refractivity contribution in [2.75, 3.05) is 13.2 Å². The van der Waals surface area contributed by atoms with Gasteiger partial charge in [-0.05, 0) is 44.9 Å². The molecule has 2 atom stereocenters. The standard InChI is InChI=1S/C18H25Cl2NO4/c1-4-15(25-14-9-12(19)8-13(20)10-14)17(22)21-18(2,3)11-24-16-6-5-7-23-16/h8-10,15-16H,4-7,11H2,1-3H3,(H,21,22). The molecule has 1 fully saturated rings. The van der Waals surface area contributed by atoms with Gasteiger partial charge in [-0.25, -0.2) is 0 Å². The van der Waals surface area contributed by atoms with Gasteiger partial charge in [0.05, 0.1) is 12.1 Å². The van der Waals surface area contributed by atoms with Crippen molar-refractivity contribution >= 4 is 29.1 Å². The summed E-state index contributed by atoms with van der Waals surface area (Å²) in [4.78, 5) is 12.6. The first kappa shape index (κ1) is 20.3. The first-order chi connectivity index (χ1) is 11.8. The normalized spacial score (nSPS) is 18.8. The van der Waals surface area contributed by atoms with Crippen molar-refractivity contribution in [3.8, 4) is 5.75 Å². The first-order valence-corrected chi connectivity index (χ1v) is 9.22.